The Bertz CT molecular complexity index is 774. The Labute approximate surface area is 111 Å². The van der Waals surface area contributed by atoms with Gasteiger partial charge in [0.05, 0.1) is 5.52 Å². The molecule has 1 aromatic carbocycles. The molecule has 0 aliphatic heterocycles. The smallest absolute Gasteiger partial charge is 0.352 e. The van der Waals surface area contributed by atoms with Gasteiger partial charge >= 0.3 is 5.97 Å². The molecule has 0 amide bonds. The minimum absolute atomic E-state index is 0.0402. The highest BCUT2D eigenvalue weighted by Gasteiger charge is 2.20. The number of H-pyrrole nitrogens is 1. The van der Waals surface area contributed by atoms with Crippen molar-refractivity contribution in [3.63, 3.8) is 0 Å². The van der Waals surface area contributed by atoms with Gasteiger partial charge in [0.2, 0.25) is 0 Å². The summed E-state index contributed by atoms with van der Waals surface area (Å²) in [6.07, 6.45) is 0. The van der Waals surface area contributed by atoms with Crippen LogP contribution in [-0.2, 0) is 0 Å². The molecule has 6 heteroatoms. The maximum Gasteiger partial charge on any atom is 0.352 e. The van der Waals surface area contributed by atoms with Gasteiger partial charge in [-0.1, -0.05) is 0 Å². The number of aromatic amines is 1. The number of hydrogen-bond donors (Lipinski definition) is 4. The van der Waals surface area contributed by atoms with E-state index in [2.05, 4.69) is 4.98 Å². The van der Waals surface area contributed by atoms with Gasteiger partial charge in [-0.05, 0) is 28.5 Å². The summed E-state index contributed by atoms with van der Waals surface area (Å²) in [5.41, 5.74) is 1.78. The van der Waals surface area contributed by atoms with Crippen molar-refractivity contribution in [2.45, 2.75) is 0 Å². The second-order valence-corrected chi connectivity index (χ2v) is 4.86. The van der Waals surface area contributed by atoms with Crippen LogP contribution in [0.3, 0.4) is 0 Å². The van der Waals surface area contributed by atoms with Crippen LogP contribution in [-0.4, -0.2) is 26.3 Å². The Kier molecular flexibility index (Phi) is 2.46. The number of phenolic OH excluding ortho intramolecular Hbond substituents is 2. The van der Waals surface area contributed by atoms with Gasteiger partial charge in [-0.3, -0.25) is 0 Å². The predicted octanol–water partition coefficient (Wildman–Crippen LogP) is 3.01. The van der Waals surface area contributed by atoms with Gasteiger partial charge in [0.15, 0.2) is 11.5 Å². The maximum absolute atomic E-state index is 11.3. The van der Waals surface area contributed by atoms with Crippen LogP contribution in [0.25, 0.3) is 22.0 Å². The van der Waals surface area contributed by atoms with Crippen LogP contribution >= 0.6 is 11.3 Å². The van der Waals surface area contributed by atoms with Crippen LogP contribution in [0, 0.1) is 0 Å². The summed E-state index contributed by atoms with van der Waals surface area (Å²) in [4.78, 5) is 14.1. The van der Waals surface area contributed by atoms with E-state index < -0.39 is 5.97 Å². The lowest BCUT2D eigenvalue weighted by Gasteiger charge is -2.00. The van der Waals surface area contributed by atoms with Crippen molar-refractivity contribution in [2.24, 2.45) is 0 Å². The number of benzene rings is 1. The van der Waals surface area contributed by atoms with E-state index in [4.69, 9.17) is 0 Å². The van der Waals surface area contributed by atoms with E-state index in [0.717, 1.165) is 5.56 Å². The fraction of sp³-hybridized carbons (Fsp3) is 0. The molecule has 3 rings (SSSR count). The molecule has 19 heavy (non-hydrogen) atoms. The fourth-order valence-corrected chi connectivity index (χ4v) is 2.73. The maximum atomic E-state index is 11.3. The summed E-state index contributed by atoms with van der Waals surface area (Å²) in [7, 11) is 0. The average Bonchev–Trinajstić information content (AvgIpc) is 2.96. The number of phenols is 2. The molecule has 0 atom stereocenters. The quantitative estimate of drug-likeness (QED) is 0.541. The number of thiophene rings is 1. The number of aromatic carboxylic acids is 1. The molecule has 4 N–H and O–H groups in total. The lowest BCUT2D eigenvalue weighted by molar-refractivity contribution is 0.0692. The summed E-state index contributed by atoms with van der Waals surface area (Å²) in [6, 6.07) is 4.48. The Morgan fingerprint density at radius 1 is 1.21 bits per heavy atom. The molecule has 0 spiro atoms. The van der Waals surface area contributed by atoms with Gasteiger partial charge in [0, 0.05) is 17.0 Å². The Balaban J connectivity index is 2.42. The van der Waals surface area contributed by atoms with Crippen LogP contribution < -0.4 is 0 Å². The number of aromatic nitrogens is 1. The highest BCUT2D eigenvalue weighted by Crippen LogP contribution is 2.38. The van der Waals surface area contributed by atoms with Gasteiger partial charge in [-0.25, -0.2) is 4.79 Å². The number of fused-ring (bicyclic) bond motifs is 1. The first kappa shape index (κ1) is 11.6. The summed E-state index contributed by atoms with van der Waals surface area (Å²) in [6.45, 7) is 0. The SMILES string of the molecule is O=C(O)c1[nH]c2cc(O)c(O)cc2c1-c1ccsc1. The Hall–Kier alpha value is -2.47. The van der Waals surface area contributed by atoms with E-state index >= 15 is 0 Å². The normalized spacial score (nSPS) is 10.9. The van der Waals surface area contributed by atoms with E-state index in [-0.39, 0.29) is 17.2 Å². The number of nitrogens with one attached hydrogen (secondary N) is 1. The standard InChI is InChI=1S/C13H9NO4S/c15-9-3-7-8(4-10(9)16)14-12(13(17)18)11(7)6-1-2-19-5-6/h1-5,14-16H,(H,17,18). The van der Waals surface area contributed by atoms with E-state index in [1.807, 2.05) is 16.8 Å². The molecule has 0 radical (unpaired) electrons. The third kappa shape index (κ3) is 1.73. The van der Waals surface area contributed by atoms with Crippen molar-refractivity contribution in [3.05, 3.63) is 34.7 Å². The van der Waals surface area contributed by atoms with Crippen molar-refractivity contribution in [1.29, 1.82) is 0 Å². The first-order chi connectivity index (χ1) is 9.08. The molecule has 0 unspecified atom stereocenters. The minimum atomic E-state index is -1.09. The van der Waals surface area contributed by atoms with Crippen molar-refractivity contribution >= 4 is 28.2 Å². The zero-order valence-electron chi connectivity index (χ0n) is 9.54. The average molecular weight is 275 g/mol. The van der Waals surface area contributed by atoms with Crippen molar-refractivity contribution in [1.82, 2.24) is 4.98 Å². The second-order valence-electron chi connectivity index (χ2n) is 4.08. The zero-order valence-corrected chi connectivity index (χ0v) is 10.4. The molecule has 3 aromatic rings. The number of carbonyl (C=O) groups is 1. The third-order valence-corrected chi connectivity index (χ3v) is 3.60. The van der Waals surface area contributed by atoms with Crippen LogP contribution in [0.4, 0.5) is 0 Å². The first-order valence-electron chi connectivity index (χ1n) is 5.41. The topological polar surface area (TPSA) is 93.5 Å². The van der Waals surface area contributed by atoms with Gasteiger partial charge in [0.25, 0.3) is 0 Å². The largest absolute Gasteiger partial charge is 0.504 e. The molecule has 2 heterocycles. The summed E-state index contributed by atoms with van der Waals surface area (Å²) >= 11 is 1.46. The molecule has 0 saturated heterocycles. The molecular formula is C13H9NO4S. The molecule has 0 saturated carbocycles. The monoisotopic (exact) mass is 275 g/mol. The third-order valence-electron chi connectivity index (χ3n) is 2.92. The Morgan fingerprint density at radius 2 is 1.95 bits per heavy atom. The number of hydrogen-bond acceptors (Lipinski definition) is 4. The Morgan fingerprint density at radius 3 is 2.58 bits per heavy atom. The lowest BCUT2D eigenvalue weighted by Crippen LogP contribution is -1.98. The van der Waals surface area contributed by atoms with Crippen LogP contribution in [0.5, 0.6) is 11.5 Å². The minimum Gasteiger partial charge on any atom is -0.504 e. The van der Waals surface area contributed by atoms with Crippen molar-refractivity contribution in [2.75, 3.05) is 0 Å². The predicted molar refractivity (Wildman–Crippen MR) is 71.9 cm³/mol. The molecule has 0 aliphatic carbocycles. The first-order valence-corrected chi connectivity index (χ1v) is 6.35. The lowest BCUT2D eigenvalue weighted by atomic mass is 10.0. The molecule has 2 aromatic heterocycles. The van der Waals surface area contributed by atoms with Crippen LogP contribution in [0.2, 0.25) is 0 Å². The second kappa shape index (κ2) is 4.03. The van der Waals surface area contributed by atoms with Crippen molar-refractivity contribution < 1.29 is 20.1 Å². The van der Waals surface area contributed by atoms with Gasteiger partial charge in [0.1, 0.15) is 5.69 Å². The van der Waals surface area contributed by atoms with Gasteiger partial charge < -0.3 is 20.3 Å². The molecule has 0 aliphatic rings. The summed E-state index contributed by atoms with van der Waals surface area (Å²) < 4.78 is 0. The zero-order chi connectivity index (χ0) is 13.6. The highest BCUT2D eigenvalue weighted by atomic mass is 32.1. The highest BCUT2D eigenvalue weighted by molar-refractivity contribution is 7.08. The molecule has 5 nitrogen and oxygen atoms in total. The van der Waals surface area contributed by atoms with E-state index in [9.17, 15) is 20.1 Å². The fourth-order valence-electron chi connectivity index (χ4n) is 2.09. The number of carboxylic acids is 1. The van der Waals surface area contributed by atoms with E-state index in [1.165, 1.54) is 23.5 Å². The summed E-state index contributed by atoms with van der Waals surface area (Å²) in [5, 5.41) is 32.5. The van der Waals surface area contributed by atoms with Crippen LogP contribution in [0.15, 0.2) is 29.0 Å². The van der Waals surface area contributed by atoms with Gasteiger partial charge in [-0.15, -0.1) is 0 Å². The molecule has 0 fully saturated rings. The number of rotatable bonds is 2. The van der Waals surface area contributed by atoms with Gasteiger partial charge in [-0.2, -0.15) is 11.3 Å². The van der Waals surface area contributed by atoms with E-state index in [1.54, 1.807) is 0 Å². The summed E-state index contributed by atoms with van der Waals surface area (Å²) in [5.74, 6) is -1.65. The number of aromatic hydroxyl groups is 2. The van der Waals surface area contributed by atoms with E-state index in [0.29, 0.717) is 16.5 Å². The van der Waals surface area contributed by atoms with Crippen molar-refractivity contribution in [3.8, 4) is 22.6 Å². The number of carboxylic acid groups (broad SMARTS) is 1. The molecule has 0 bridgehead atoms. The molecule has 96 valence electrons. The molecular weight excluding hydrogens is 266 g/mol. The van der Waals surface area contributed by atoms with Crippen LogP contribution in [0.1, 0.15) is 10.5 Å².